The molecule has 150 valence electrons. The summed E-state index contributed by atoms with van der Waals surface area (Å²) in [6.45, 7) is 3.27. The molecule has 0 bridgehead atoms. The molecule has 0 aliphatic carbocycles. The van der Waals surface area contributed by atoms with Crippen LogP contribution in [0.2, 0.25) is 0 Å². The van der Waals surface area contributed by atoms with Gasteiger partial charge in [-0.3, -0.25) is 9.00 Å². The zero-order valence-corrected chi connectivity index (χ0v) is 17.2. The molecule has 0 spiro atoms. The third-order valence-corrected chi connectivity index (χ3v) is 5.99. The van der Waals surface area contributed by atoms with Crippen LogP contribution in [0.4, 0.5) is 0 Å². The topological polar surface area (TPSA) is 72.5 Å². The largest absolute Gasteiger partial charge is 0.452 e. The van der Waals surface area contributed by atoms with Crippen LogP contribution in [0.15, 0.2) is 71.6 Å². The van der Waals surface area contributed by atoms with Crippen molar-refractivity contribution >= 4 is 33.4 Å². The number of esters is 1. The van der Waals surface area contributed by atoms with Crippen molar-refractivity contribution < 1.29 is 18.5 Å². The maximum atomic E-state index is 12.4. The number of hydrogen-bond donors (Lipinski definition) is 1. The van der Waals surface area contributed by atoms with E-state index >= 15 is 0 Å². The maximum Gasteiger partial charge on any atom is 0.339 e. The number of rotatable bonds is 7. The lowest BCUT2D eigenvalue weighted by Gasteiger charge is -2.17. The zero-order chi connectivity index (χ0) is 20.8. The summed E-state index contributed by atoms with van der Waals surface area (Å²) in [6.07, 6.45) is 0. The lowest BCUT2D eigenvalue weighted by atomic mass is 10.00. The molecule has 0 saturated heterocycles. The second kappa shape index (κ2) is 9.47. The monoisotopic (exact) mass is 409 g/mol. The molecule has 1 amide bonds. The summed E-state index contributed by atoms with van der Waals surface area (Å²) in [5.41, 5.74) is 1.22. The SMILES string of the molecule is CC[S@@](=O)c1ccccc1C(=O)OCC(=O)N[C@H](C)c1cccc2ccccc12. The van der Waals surface area contributed by atoms with Gasteiger partial charge in [-0.05, 0) is 35.4 Å². The van der Waals surface area contributed by atoms with E-state index in [9.17, 15) is 13.8 Å². The van der Waals surface area contributed by atoms with Crippen LogP contribution in [0.3, 0.4) is 0 Å². The number of hydrogen-bond acceptors (Lipinski definition) is 4. The van der Waals surface area contributed by atoms with E-state index in [0.29, 0.717) is 10.6 Å². The minimum atomic E-state index is -1.29. The molecule has 3 aromatic carbocycles. The molecular formula is C23H23NO4S. The van der Waals surface area contributed by atoms with Gasteiger partial charge in [0, 0.05) is 5.75 Å². The number of fused-ring (bicyclic) bond motifs is 1. The second-order valence-corrected chi connectivity index (χ2v) is 8.27. The summed E-state index contributed by atoms with van der Waals surface area (Å²) in [4.78, 5) is 25.1. The molecule has 2 atom stereocenters. The van der Waals surface area contributed by atoms with Crippen LogP contribution in [0.25, 0.3) is 10.8 Å². The number of carbonyl (C=O) groups excluding carboxylic acids is 2. The third-order valence-electron chi connectivity index (χ3n) is 4.62. The van der Waals surface area contributed by atoms with Crippen molar-refractivity contribution in [3.05, 3.63) is 77.9 Å². The minimum Gasteiger partial charge on any atom is -0.452 e. The Morgan fingerprint density at radius 1 is 1.00 bits per heavy atom. The van der Waals surface area contributed by atoms with Crippen LogP contribution in [0.5, 0.6) is 0 Å². The Bertz CT molecular complexity index is 1060. The van der Waals surface area contributed by atoms with Crippen molar-refractivity contribution in [3.8, 4) is 0 Å². The summed E-state index contributed by atoms with van der Waals surface area (Å²) in [5, 5.41) is 5.03. The molecule has 0 aliphatic rings. The highest BCUT2D eigenvalue weighted by Gasteiger charge is 2.18. The number of benzene rings is 3. The quantitative estimate of drug-likeness (QED) is 0.599. The first-order valence-electron chi connectivity index (χ1n) is 9.42. The molecule has 0 aromatic heterocycles. The molecule has 0 heterocycles. The first-order valence-corrected chi connectivity index (χ1v) is 10.7. The highest BCUT2D eigenvalue weighted by molar-refractivity contribution is 7.85. The highest BCUT2D eigenvalue weighted by Crippen LogP contribution is 2.24. The van der Waals surface area contributed by atoms with Crippen LogP contribution >= 0.6 is 0 Å². The van der Waals surface area contributed by atoms with Crippen molar-refractivity contribution in [2.75, 3.05) is 12.4 Å². The molecule has 0 fully saturated rings. The summed E-state index contributed by atoms with van der Waals surface area (Å²) in [6, 6.07) is 20.2. The highest BCUT2D eigenvalue weighted by atomic mass is 32.2. The van der Waals surface area contributed by atoms with Crippen LogP contribution in [-0.2, 0) is 20.3 Å². The molecular weight excluding hydrogens is 386 g/mol. The van der Waals surface area contributed by atoms with Gasteiger partial charge in [-0.25, -0.2) is 4.79 Å². The first kappa shape index (κ1) is 20.7. The maximum absolute atomic E-state index is 12.4. The zero-order valence-electron chi connectivity index (χ0n) is 16.4. The van der Waals surface area contributed by atoms with E-state index in [1.807, 2.05) is 49.4 Å². The Kier molecular flexibility index (Phi) is 6.77. The molecule has 0 radical (unpaired) electrons. The number of amides is 1. The summed E-state index contributed by atoms with van der Waals surface area (Å²) >= 11 is 0. The van der Waals surface area contributed by atoms with Crippen LogP contribution in [-0.4, -0.2) is 28.4 Å². The van der Waals surface area contributed by atoms with Crippen LogP contribution in [0, 0.1) is 0 Å². The van der Waals surface area contributed by atoms with Gasteiger partial charge >= 0.3 is 5.97 Å². The van der Waals surface area contributed by atoms with E-state index in [2.05, 4.69) is 5.32 Å². The van der Waals surface area contributed by atoms with E-state index < -0.39 is 29.3 Å². The molecule has 0 aliphatic heterocycles. The summed E-state index contributed by atoms with van der Waals surface area (Å²) in [7, 11) is -1.29. The Hall–Kier alpha value is -2.99. The van der Waals surface area contributed by atoms with E-state index in [0.717, 1.165) is 16.3 Å². The van der Waals surface area contributed by atoms with Gasteiger partial charge in [0.05, 0.1) is 27.3 Å². The molecule has 29 heavy (non-hydrogen) atoms. The van der Waals surface area contributed by atoms with Crippen molar-refractivity contribution in [1.82, 2.24) is 5.32 Å². The Balaban J connectivity index is 1.64. The van der Waals surface area contributed by atoms with Gasteiger partial charge in [-0.2, -0.15) is 0 Å². The molecule has 1 N–H and O–H groups in total. The van der Waals surface area contributed by atoms with Gasteiger partial charge in [-0.15, -0.1) is 0 Å². The number of nitrogens with one attached hydrogen (secondary N) is 1. The Morgan fingerprint density at radius 3 is 2.48 bits per heavy atom. The Morgan fingerprint density at radius 2 is 1.69 bits per heavy atom. The van der Waals surface area contributed by atoms with Crippen LogP contribution < -0.4 is 5.32 Å². The fraction of sp³-hybridized carbons (Fsp3) is 0.217. The van der Waals surface area contributed by atoms with Gasteiger partial charge < -0.3 is 10.1 Å². The molecule has 6 heteroatoms. The van der Waals surface area contributed by atoms with Gasteiger partial charge in [0.2, 0.25) is 0 Å². The van der Waals surface area contributed by atoms with E-state index in [-0.39, 0.29) is 11.6 Å². The van der Waals surface area contributed by atoms with Gasteiger partial charge in [-0.1, -0.05) is 61.5 Å². The predicted octanol–water partition coefficient (Wildman–Crippen LogP) is 4.00. The van der Waals surface area contributed by atoms with Crippen molar-refractivity contribution in [3.63, 3.8) is 0 Å². The molecule has 5 nitrogen and oxygen atoms in total. The average molecular weight is 410 g/mol. The molecule has 3 rings (SSSR count). The van der Waals surface area contributed by atoms with Crippen molar-refractivity contribution in [2.45, 2.75) is 24.8 Å². The predicted molar refractivity (Wildman–Crippen MR) is 114 cm³/mol. The normalized spacial score (nSPS) is 12.9. The van der Waals surface area contributed by atoms with Crippen molar-refractivity contribution in [1.29, 1.82) is 0 Å². The van der Waals surface area contributed by atoms with Crippen LogP contribution in [0.1, 0.15) is 35.8 Å². The fourth-order valence-corrected chi connectivity index (χ4v) is 4.13. The number of carbonyl (C=O) groups is 2. The molecule has 3 aromatic rings. The molecule has 0 unspecified atom stereocenters. The first-order chi connectivity index (χ1) is 14.0. The van der Waals surface area contributed by atoms with Gasteiger partial charge in [0.25, 0.3) is 5.91 Å². The third kappa shape index (κ3) is 4.90. The lowest BCUT2D eigenvalue weighted by Crippen LogP contribution is -2.31. The molecule has 0 saturated carbocycles. The minimum absolute atomic E-state index is 0.225. The average Bonchev–Trinajstić information content (AvgIpc) is 2.76. The van der Waals surface area contributed by atoms with Gasteiger partial charge in [0.1, 0.15) is 0 Å². The second-order valence-electron chi connectivity index (χ2n) is 6.56. The smallest absolute Gasteiger partial charge is 0.339 e. The fourth-order valence-electron chi connectivity index (χ4n) is 3.19. The summed E-state index contributed by atoms with van der Waals surface area (Å²) in [5.74, 6) is -0.656. The lowest BCUT2D eigenvalue weighted by molar-refractivity contribution is -0.124. The Labute approximate surface area is 172 Å². The van der Waals surface area contributed by atoms with E-state index in [4.69, 9.17) is 4.74 Å². The number of ether oxygens (including phenoxy) is 1. The standard InChI is InChI=1S/C23H23NO4S/c1-3-29(27)21-14-7-6-12-20(21)23(26)28-15-22(25)24-16(2)18-13-8-10-17-9-4-5-11-19(17)18/h4-14,16H,3,15H2,1-2H3,(H,24,25)/t16-,29-/m1/s1. The van der Waals surface area contributed by atoms with Crippen molar-refractivity contribution in [2.24, 2.45) is 0 Å². The summed E-state index contributed by atoms with van der Waals surface area (Å²) < 4.78 is 17.3. The van der Waals surface area contributed by atoms with E-state index in [1.165, 1.54) is 0 Å². The van der Waals surface area contributed by atoms with E-state index in [1.54, 1.807) is 31.2 Å². The van der Waals surface area contributed by atoms with Gasteiger partial charge in [0.15, 0.2) is 6.61 Å².